The van der Waals surface area contributed by atoms with Gasteiger partial charge in [0, 0.05) is 37.1 Å². The summed E-state index contributed by atoms with van der Waals surface area (Å²) in [7, 11) is 0. The molecule has 0 spiro atoms. The first kappa shape index (κ1) is 48.0. The number of fused-ring (bicyclic) bond motifs is 6. The summed E-state index contributed by atoms with van der Waals surface area (Å²) in [5.41, 5.74) is 8.03. The highest BCUT2D eigenvalue weighted by Crippen LogP contribution is 2.42. The summed E-state index contributed by atoms with van der Waals surface area (Å²) in [5.74, 6) is 2.61. The van der Waals surface area contributed by atoms with E-state index in [1.54, 1.807) is 35.6 Å². The van der Waals surface area contributed by atoms with Crippen LogP contribution < -0.4 is 0 Å². The van der Waals surface area contributed by atoms with E-state index >= 15 is 0 Å². The number of carbonyl (C=O) groups excluding carboxylic acids is 2. The van der Waals surface area contributed by atoms with Crippen LogP contribution in [0.2, 0.25) is 0 Å². The summed E-state index contributed by atoms with van der Waals surface area (Å²) in [6, 6.07) is 13.5. The lowest BCUT2D eigenvalue weighted by atomic mass is 9.99. The predicted octanol–water partition coefficient (Wildman–Crippen LogP) is 11.1. The number of amides is 1. The van der Waals surface area contributed by atoms with Gasteiger partial charge in [0.05, 0.1) is 46.9 Å². The van der Waals surface area contributed by atoms with Crippen LogP contribution in [0.25, 0.3) is 29.4 Å². The van der Waals surface area contributed by atoms with Crippen molar-refractivity contribution in [2.45, 2.75) is 111 Å². The molecule has 0 aliphatic carbocycles. The van der Waals surface area contributed by atoms with E-state index in [4.69, 9.17) is 36.3 Å². The highest BCUT2D eigenvalue weighted by Gasteiger charge is 2.36. The van der Waals surface area contributed by atoms with Gasteiger partial charge in [0.15, 0.2) is 23.0 Å². The van der Waals surface area contributed by atoms with Gasteiger partial charge in [0.25, 0.3) is 0 Å². The Kier molecular flexibility index (Phi) is 14.4. The monoisotopic (exact) mass is 957 g/mol. The third-order valence-electron chi connectivity index (χ3n) is 12.5. The van der Waals surface area contributed by atoms with Crippen molar-refractivity contribution >= 4 is 57.2 Å². The highest BCUT2D eigenvalue weighted by atomic mass is 32.1. The smallest absolute Gasteiger partial charge is 0.249 e. The largest absolute Gasteiger partial charge is 0.343 e. The molecule has 0 N–H and O–H groups in total. The summed E-state index contributed by atoms with van der Waals surface area (Å²) in [5, 5.41) is 19.3. The maximum Gasteiger partial charge on any atom is 0.249 e. The summed E-state index contributed by atoms with van der Waals surface area (Å²) in [6.07, 6.45) is 2.83. The summed E-state index contributed by atoms with van der Waals surface area (Å²) in [6.45, 7) is 40.7. The minimum absolute atomic E-state index is 0.0798. The number of halogens is 1. The lowest BCUT2D eigenvalue weighted by Crippen LogP contribution is -2.36. The molecule has 2 aromatic carbocycles. The molecule has 69 heavy (non-hydrogen) atoms. The number of piperidine rings is 1. The summed E-state index contributed by atoms with van der Waals surface area (Å²) < 4.78 is 17.3. The number of aromatic nitrogens is 6. The Morgan fingerprint density at radius 2 is 1.13 bits per heavy atom. The average Bonchev–Trinajstić information content (AvgIpc) is 4.07. The zero-order valence-corrected chi connectivity index (χ0v) is 40.6. The highest BCUT2D eigenvalue weighted by molar-refractivity contribution is 7.15. The zero-order chi connectivity index (χ0) is 48.9. The number of nitrogens with zero attached hydrogens (tertiary/aromatic N) is 13. The molecule has 9 rings (SSSR count). The van der Waals surface area contributed by atoms with Crippen LogP contribution in [0, 0.1) is 54.0 Å². The van der Waals surface area contributed by atoms with Gasteiger partial charge >= 0.3 is 0 Å². The number of hydrogen-bond acceptors (Lipinski definition) is 10. The Morgan fingerprint density at radius 1 is 0.681 bits per heavy atom. The molecular weight excluding hydrogens is 910 g/mol. The minimum Gasteiger partial charge on any atom is -0.343 e. The number of aliphatic imine (C=N–C) groups is 2. The van der Waals surface area contributed by atoms with Crippen molar-refractivity contribution in [2.75, 3.05) is 13.1 Å². The second kappa shape index (κ2) is 20.8. The van der Waals surface area contributed by atoms with Crippen LogP contribution in [0.15, 0.2) is 58.5 Å². The zero-order valence-electron chi connectivity index (χ0n) is 39.0. The maximum atomic E-state index is 13.3. The molecule has 15 nitrogen and oxygen atoms in total. The van der Waals surface area contributed by atoms with Crippen molar-refractivity contribution in [3.63, 3.8) is 0 Å². The molecule has 3 aliphatic rings. The normalized spacial score (nSPS) is 16.2. The number of Topliss-reactive ketones (excluding diaryl/α,β-unsaturated/α-hetero) is 1. The van der Waals surface area contributed by atoms with E-state index in [2.05, 4.69) is 39.8 Å². The van der Waals surface area contributed by atoms with Crippen molar-refractivity contribution in [3.8, 4) is 10.0 Å². The Bertz CT molecular complexity index is 3180. The topological polar surface area (TPSA) is 141 Å². The van der Waals surface area contributed by atoms with Gasteiger partial charge < -0.3 is 14.6 Å². The quantitative estimate of drug-likeness (QED) is 0.118. The van der Waals surface area contributed by atoms with Crippen LogP contribution in [0.3, 0.4) is 0 Å². The molecule has 1 fully saturated rings. The third kappa shape index (κ3) is 9.78. The van der Waals surface area contributed by atoms with Crippen molar-refractivity contribution in [1.82, 2.24) is 34.4 Å². The molecule has 0 radical (unpaired) electrons. The standard InChI is InChI=1S/C26H25N7OS.C25H23FN6OS/c1-16-21(15-27-3)35-26-23(16)24(18-8-10-19(28-4)11-9-18)29-20(25-31-30-17(2)33(25)26)14-22(34)32-12-6-5-7-13-32;1-14(26)6-11-19(33)12-20-24-31-30-16(3)32(24)25-22(15(2)21(34-25)13-27-4)23(29-20)17-7-9-18(28-5)10-8-17/h8-11,20H,5-7,12-15H2,1-2H3;7-10,14,20H,6,11-13H2,1-3H3/t20-;14?,20-/m00/s1. The van der Waals surface area contributed by atoms with Crippen molar-refractivity contribution < 1.29 is 14.0 Å². The molecule has 1 amide bonds. The first-order valence-corrected chi connectivity index (χ1v) is 24.3. The molecule has 6 aromatic rings. The molecule has 18 heteroatoms. The molecule has 7 heterocycles. The first-order chi connectivity index (χ1) is 33.3. The van der Waals surface area contributed by atoms with Gasteiger partial charge in [0.1, 0.15) is 39.5 Å². The van der Waals surface area contributed by atoms with E-state index in [1.807, 2.05) is 66.0 Å². The van der Waals surface area contributed by atoms with Crippen LogP contribution in [0.5, 0.6) is 0 Å². The van der Waals surface area contributed by atoms with E-state index in [0.717, 1.165) is 97.0 Å². The Hall–Kier alpha value is -7.51. The number of likely N-dealkylation sites (tertiary alicyclic amines) is 1. The molecule has 0 bridgehead atoms. The van der Waals surface area contributed by atoms with Gasteiger partial charge in [-0.2, -0.15) is 0 Å². The lowest BCUT2D eigenvalue weighted by molar-refractivity contribution is -0.132. The number of rotatable bonds is 11. The Labute approximate surface area is 408 Å². The van der Waals surface area contributed by atoms with Crippen molar-refractivity contribution in [1.29, 1.82) is 0 Å². The van der Waals surface area contributed by atoms with Gasteiger partial charge in [-0.05, 0) is 82.6 Å². The minimum atomic E-state index is -1.04. The number of thiophene rings is 2. The van der Waals surface area contributed by atoms with Gasteiger partial charge in [0.2, 0.25) is 19.0 Å². The van der Waals surface area contributed by atoms with Crippen LogP contribution in [0.4, 0.5) is 15.8 Å². The fourth-order valence-corrected chi connectivity index (χ4v) is 11.4. The van der Waals surface area contributed by atoms with Crippen molar-refractivity contribution in [2.24, 2.45) is 9.98 Å². The van der Waals surface area contributed by atoms with Crippen LogP contribution in [0.1, 0.15) is 130 Å². The Balaban J connectivity index is 0.000000186. The number of benzene rings is 2. The fraction of sp³-hybridized carbons (Fsp3) is 0.373. The molecule has 348 valence electrons. The number of aryl methyl sites for hydroxylation is 2. The van der Waals surface area contributed by atoms with E-state index in [-0.39, 0.29) is 43.9 Å². The molecular formula is C51H48FN13O2S2. The third-order valence-corrected chi connectivity index (χ3v) is 15.0. The van der Waals surface area contributed by atoms with Gasteiger partial charge in [-0.25, -0.2) is 27.2 Å². The van der Waals surface area contributed by atoms with Gasteiger partial charge in [-0.1, -0.05) is 48.5 Å². The van der Waals surface area contributed by atoms with E-state index < -0.39 is 18.3 Å². The molecule has 3 aliphatic heterocycles. The lowest BCUT2D eigenvalue weighted by Gasteiger charge is -2.27. The van der Waals surface area contributed by atoms with Gasteiger partial charge in [-0.3, -0.25) is 28.7 Å². The van der Waals surface area contributed by atoms with Crippen LogP contribution in [-0.2, 0) is 22.7 Å². The summed E-state index contributed by atoms with van der Waals surface area (Å²) >= 11 is 3.07. The van der Waals surface area contributed by atoms with Crippen LogP contribution in [-0.4, -0.2) is 76.8 Å². The van der Waals surface area contributed by atoms with Crippen molar-refractivity contribution in [3.05, 3.63) is 161 Å². The maximum absolute atomic E-state index is 13.3. The van der Waals surface area contributed by atoms with Gasteiger partial charge in [-0.15, -0.1) is 43.1 Å². The SMILES string of the molecule is [C-]#[N+]Cc1sc2c(c1C)C(c1ccc([N+]#[C-])cc1)=N[C@@H](CC(=O)CCC(C)F)c1nnc(C)n1-2.[C-]#[N+]Cc1sc2c(c1C)C(c1ccc([N+]#[C-])cc1)=N[C@@H](CC(=O)N1CCCCC1)c1nnc(C)n1-2. The fourth-order valence-electron chi connectivity index (χ4n) is 8.87. The number of ketones is 1. The van der Waals surface area contributed by atoms with E-state index in [0.29, 0.717) is 41.1 Å². The van der Waals surface area contributed by atoms with E-state index in [9.17, 15) is 14.0 Å². The molecule has 0 saturated carbocycles. The Morgan fingerprint density at radius 3 is 1.55 bits per heavy atom. The number of alkyl halides is 1. The number of carbonyl (C=O) groups is 2. The predicted molar refractivity (Wildman–Crippen MR) is 265 cm³/mol. The molecule has 3 atom stereocenters. The molecule has 1 unspecified atom stereocenters. The molecule has 1 saturated heterocycles. The first-order valence-electron chi connectivity index (χ1n) is 22.7. The number of hydrogen-bond donors (Lipinski definition) is 0. The molecule has 4 aromatic heterocycles. The second-order valence-corrected chi connectivity index (χ2v) is 19.4. The second-order valence-electron chi connectivity index (χ2n) is 17.2. The summed E-state index contributed by atoms with van der Waals surface area (Å²) in [4.78, 5) is 54.3. The van der Waals surface area contributed by atoms with Crippen LogP contribution >= 0.6 is 22.7 Å². The average molecular weight is 958 g/mol. The van der Waals surface area contributed by atoms with E-state index in [1.165, 1.54) is 18.3 Å².